The first-order chi connectivity index (χ1) is 18.6. The van der Waals surface area contributed by atoms with Gasteiger partial charge in [-0.1, -0.05) is 46.3 Å². The molecule has 0 saturated heterocycles. The van der Waals surface area contributed by atoms with Crippen LogP contribution in [0.2, 0.25) is 0 Å². The number of benzene rings is 3. The van der Waals surface area contributed by atoms with Crippen LogP contribution < -0.4 is 19.1 Å². The normalized spacial score (nSPS) is 11.8. The Labute approximate surface area is 237 Å². The Balaban J connectivity index is 2.07. The Morgan fingerprint density at radius 2 is 1.59 bits per heavy atom. The highest BCUT2D eigenvalue weighted by atomic mass is 79.9. The van der Waals surface area contributed by atoms with E-state index in [9.17, 15) is 18.0 Å². The number of hydrogen-bond acceptors (Lipinski definition) is 6. The third kappa shape index (κ3) is 7.30. The van der Waals surface area contributed by atoms with Gasteiger partial charge in [0, 0.05) is 23.6 Å². The van der Waals surface area contributed by atoms with Crippen molar-refractivity contribution in [2.45, 2.75) is 31.3 Å². The third-order valence-corrected chi connectivity index (χ3v) is 8.37. The van der Waals surface area contributed by atoms with Gasteiger partial charge in [-0.2, -0.15) is 0 Å². The van der Waals surface area contributed by atoms with Crippen molar-refractivity contribution in [3.05, 3.63) is 82.8 Å². The second-order valence-electron chi connectivity index (χ2n) is 8.58. The molecular formula is C28H32BrN3O6S. The predicted molar refractivity (Wildman–Crippen MR) is 153 cm³/mol. The second kappa shape index (κ2) is 13.5. The summed E-state index contributed by atoms with van der Waals surface area (Å²) in [7, 11) is -1.26. The molecule has 9 nitrogen and oxygen atoms in total. The summed E-state index contributed by atoms with van der Waals surface area (Å²) in [6, 6.07) is 19.0. The van der Waals surface area contributed by atoms with E-state index in [4.69, 9.17) is 9.47 Å². The smallest absolute Gasteiger partial charge is 0.264 e. The molecule has 1 atom stereocenters. The molecule has 0 unspecified atom stereocenters. The van der Waals surface area contributed by atoms with Gasteiger partial charge in [-0.25, -0.2) is 8.42 Å². The molecule has 0 radical (unpaired) electrons. The van der Waals surface area contributed by atoms with E-state index in [2.05, 4.69) is 21.2 Å². The molecule has 0 bridgehead atoms. The lowest BCUT2D eigenvalue weighted by Crippen LogP contribution is -2.51. The number of anilines is 1. The number of hydrogen-bond donors (Lipinski definition) is 1. The fraction of sp³-hybridized carbons (Fsp3) is 0.286. The molecule has 2 amide bonds. The number of carbonyl (C=O) groups is 2. The number of halogens is 1. The van der Waals surface area contributed by atoms with Crippen molar-refractivity contribution in [3.8, 4) is 11.5 Å². The lowest BCUT2D eigenvalue weighted by Gasteiger charge is -2.32. The van der Waals surface area contributed by atoms with Crippen molar-refractivity contribution in [2.75, 3.05) is 31.6 Å². The van der Waals surface area contributed by atoms with E-state index in [0.717, 1.165) is 14.3 Å². The SMILES string of the molecule is CCNC(=O)[C@@H](C)N(Cc1ccc(Br)cc1)C(=O)CN(c1ccc(OC)c(OC)c1)S(=O)(=O)c1ccccc1. The molecule has 0 spiro atoms. The zero-order valence-corrected chi connectivity index (χ0v) is 24.7. The number of amides is 2. The molecule has 3 aromatic rings. The second-order valence-corrected chi connectivity index (χ2v) is 11.4. The highest BCUT2D eigenvalue weighted by Crippen LogP contribution is 2.34. The standard InChI is InChI=1S/C28H32BrN3O6S/c1-5-30-28(34)20(2)31(18-21-11-13-22(29)14-12-21)27(33)19-32(39(35,36)24-9-7-6-8-10-24)23-15-16-25(37-3)26(17-23)38-4/h6-17,20H,5,18-19H2,1-4H3,(H,30,34)/t20-/m1/s1. The van der Waals surface area contributed by atoms with E-state index in [1.165, 1.54) is 37.3 Å². The number of rotatable bonds is 12. The van der Waals surface area contributed by atoms with Crippen LogP contribution in [0.4, 0.5) is 5.69 Å². The molecule has 0 aliphatic heterocycles. The topological polar surface area (TPSA) is 105 Å². The zero-order valence-electron chi connectivity index (χ0n) is 22.3. The van der Waals surface area contributed by atoms with E-state index in [1.54, 1.807) is 44.2 Å². The van der Waals surface area contributed by atoms with Crippen LogP contribution in [-0.4, -0.2) is 58.5 Å². The van der Waals surface area contributed by atoms with Gasteiger partial charge in [0.1, 0.15) is 12.6 Å². The van der Waals surface area contributed by atoms with E-state index in [0.29, 0.717) is 18.0 Å². The third-order valence-electron chi connectivity index (χ3n) is 6.05. The van der Waals surface area contributed by atoms with Crippen LogP contribution in [0.25, 0.3) is 0 Å². The van der Waals surface area contributed by atoms with Gasteiger partial charge in [-0.05, 0) is 55.8 Å². The predicted octanol–water partition coefficient (Wildman–Crippen LogP) is 4.22. The monoisotopic (exact) mass is 617 g/mol. The first-order valence-corrected chi connectivity index (χ1v) is 14.5. The average Bonchev–Trinajstić information content (AvgIpc) is 2.95. The first kappa shape index (κ1) is 30.0. The first-order valence-electron chi connectivity index (χ1n) is 12.2. The van der Waals surface area contributed by atoms with Crippen LogP contribution in [0.15, 0.2) is 82.2 Å². The molecule has 11 heteroatoms. The molecule has 0 aromatic heterocycles. The summed E-state index contributed by atoms with van der Waals surface area (Å²) in [6.45, 7) is 3.36. The van der Waals surface area contributed by atoms with Crippen molar-refractivity contribution in [1.82, 2.24) is 10.2 Å². The van der Waals surface area contributed by atoms with E-state index in [-0.39, 0.29) is 23.0 Å². The maximum atomic E-state index is 13.9. The van der Waals surface area contributed by atoms with Gasteiger partial charge in [-0.3, -0.25) is 13.9 Å². The molecule has 1 N–H and O–H groups in total. The number of nitrogens with zero attached hydrogens (tertiary/aromatic N) is 2. The average molecular weight is 619 g/mol. The van der Waals surface area contributed by atoms with Crippen LogP contribution in [0, 0.1) is 0 Å². The van der Waals surface area contributed by atoms with Crippen LogP contribution >= 0.6 is 15.9 Å². The van der Waals surface area contributed by atoms with Gasteiger partial charge in [0.05, 0.1) is 24.8 Å². The number of ether oxygens (including phenoxy) is 2. The molecule has 0 aliphatic rings. The van der Waals surface area contributed by atoms with Gasteiger partial charge >= 0.3 is 0 Å². The van der Waals surface area contributed by atoms with Gasteiger partial charge in [0.15, 0.2) is 11.5 Å². The molecule has 208 valence electrons. The fourth-order valence-corrected chi connectivity index (χ4v) is 5.61. The summed E-state index contributed by atoms with van der Waals surface area (Å²) in [5, 5.41) is 2.74. The van der Waals surface area contributed by atoms with E-state index < -0.39 is 28.5 Å². The highest BCUT2D eigenvalue weighted by Gasteiger charge is 2.32. The van der Waals surface area contributed by atoms with Crippen LogP contribution in [-0.2, 0) is 26.2 Å². The summed E-state index contributed by atoms with van der Waals surface area (Å²) in [4.78, 5) is 28.1. The molecule has 39 heavy (non-hydrogen) atoms. The Morgan fingerprint density at radius 1 is 0.949 bits per heavy atom. The zero-order chi connectivity index (χ0) is 28.6. The van der Waals surface area contributed by atoms with Gasteiger partial charge in [0.25, 0.3) is 10.0 Å². The summed E-state index contributed by atoms with van der Waals surface area (Å²) in [5.74, 6) is -0.179. The molecule has 0 aliphatic carbocycles. The Bertz CT molecular complexity index is 1380. The van der Waals surface area contributed by atoms with Gasteiger partial charge in [0.2, 0.25) is 11.8 Å². The number of carbonyl (C=O) groups excluding carboxylic acids is 2. The largest absolute Gasteiger partial charge is 0.493 e. The lowest BCUT2D eigenvalue weighted by molar-refractivity contribution is -0.139. The minimum absolute atomic E-state index is 0.0174. The Kier molecular flexibility index (Phi) is 10.4. The van der Waals surface area contributed by atoms with Crippen molar-refractivity contribution in [1.29, 1.82) is 0 Å². The minimum atomic E-state index is -4.18. The Hall–Kier alpha value is -3.57. The number of nitrogens with one attached hydrogen (secondary N) is 1. The van der Waals surface area contributed by atoms with Crippen LogP contribution in [0.3, 0.4) is 0 Å². The quantitative estimate of drug-likeness (QED) is 0.326. The maximum absolute atomic E-state index is 13.9. The summed E-state index contributed by atoms with van der Waals surface area (Å²) in [5.41, 5.74) is 0.991. The van der Waals surface area contributed by atoms with E-state index in [1.807, 2.05) is 24.3 Å². The van der Waals surface area contributed by atoms with E-state index >= 15 is 0 Å². The lowest BCUT2D eigenvalue weighted by atomic mass is 10.1. The molecule has 0 fully saturated rings. The van der Waals surface area contributed by atoms with Crippen LogP contribution in [0.5, 0.6) is 11.5 Å². The van der Waals surface area contributed by atoms with Crippen molar-refractivity contribution in [3.63, 3.8) is 0 Å². The molecule has 0 saturated carbocycles. The Morgan fingerprint density at radius 3 is 2.18 bits per heavy atom. The summed E-state index contributed by atoms with van der Waals surface area (Å²) < 4.78 is 40.3. The van der Waals surface area contributed by atoms with Gasteiger partial charge < -0.3 is 19.7 Å². The number of methoxy groups -OCH3 is 2. The highest BCUT2D eigenvalue weighted by molar-refractivity contribution is 9.10. The molecule has 3 rings (SSSR count). The summed E-state index contributed by atoms with van der Waals surface area (Å²) >= 11 is 3.40. The van der Waals surface area contributed by atoms with Crippen LogP contribution in [0.1, 0.15) is 19.4 Å². The van der Waals surface area contributed by atoms with Crippen molar-refractivity contribution < 1.29 is 27.5 Å². The van der Waals surface area contributed by atoms with Gasteiger partial charge in [-0.15, -0.1) is 0 Å². The maximum Gasteiger partial charge on any atom is 0.264 e. The summed E-state index contributed by atoms with van der Waals surface area (Å²) in [6.07, 6.45) is 0. The molecule has 0 heterocycles. The number of sulfonamides is 1. The number of likely N-dealkylation sites (N-methyl/N-ethyl adjacent to an activating group) is 1. The minimum Gasteiger partial charge on any atom is -0.493 e. The molecule has 3 aromatic carbocycles. The van der Waals surface area contributed by atoms with Crippen molar-refractivity contribution >= 4 is 43.5 Å². The molecular weight excluding hydrogens is 586 g/mol. The van der Waals surface area contributed by atoms with Crippen molar-refractivity contribution in [2.24, 2.45) is 0 Å². The fourth-order valence-electron chi connectivity index (χ4n) is 3.92.